The Morgan fingerprint density at radius 2 is 2.05 bits per heavy atom. The van der Waals surface area contributed by atoms with Gasteiger partial charge in [-0.2, -0.15) is 0 Å². The molecule has 0 spiro atoms. The second kappa shape index (κ2) is 6.88. The predicted octanol–water partition coefficient (Wildman–Crippen LogP) is 1.72. The number of hydrogen-bond donors (Lipinski definition) is 3. The maximum Gasteiger partial charge on any atom is 0.339 e. The molecule has 0 aliphatic heterocycles. The molecule has 1 heterocycles. The number of nitrogens with zero attached hydrogens (tertiary/aromatic N) is 1. The monoisotopic (exact) mass is 279 g/mol. The Bertz CT molecular complexity index is 515. The Morgan fingerprint density at radius 1 is 1.40 bits per heavy atom. The smallest absolute Gasteiger partial charge is 0.339 e. The standard InChI is InChI=1S/C14H21N3O3/c1-5-6-15-13(18)10(4)17-12-11(14(19)20)8(2)7-9(3)16-12/h7,10H,5-6H2,1-4H3,(H,15,18)(H,16,17)(H,19,20). The van der Waals surface area contributed by atoms with Crippen molar-refractivity contribution in [1.82, 2.24) is 10.3 Å². The van der Waals surface area contributed by atoms with Gasteiger partial charge in [0.05, 0.1) is 0 Å². The van der Waals surface area contributed by atoms with Crippen molar-refractivity contribution in [1.29, 1.82) is 0 Å². The predicted molar refractivity (Wildman–Crippen MR) is 77.1 cm³/mol. The number of carbonyl (C=O) groups excluding carboxylic acids is 1. The summed E-state index contributed by atoms with van der Waals surface area (Å²) in [6.07, 6.45) is 0.848. The topological polar surface area (TPSA) is 91.3 Å². The molecule has 3 N–H and O–H groups in total. The summed E-state index contributed by atoms with van der Waals surface area (Å²) in [5.74, 6) is -1.00. The zero-order valence-corrected chi connectivity index (χ0v) is 12.3. The van der Waals surface area contributed by atoms with Gasteiger partial charge in [0.15, 0.2) is 0 Å². The van der Waals surface area contributed by atoms with Gasteiger partial charge in [-0.1, -0.05) is 6.92 Å². The quantitative estimate of drug-likeness (QED) is 0.737. The molecule has 0 saturated carbocycles. The Labute approximate surface area is 118 Å². The molecule has 1 aromatic rings. The third-order valence-electron chi connectivity index (χ3n) is 2.85. The van der Waals surface area contributed by atoms with Crippen LogP contribution in [0.4, 0.5) is 5.82 Å². The average molecular weight is 279 g/mol. The minimum absolute atomic E-state index is 0.103. The number of hydrogen-bond acceptors (Lipinski definition) is 4. The fraction of sp³-hybridized carbons (Fsp3) is 0.500. The molecule has 20 heavy (non-hydrogen) atoms. The highest BCUT2D eigenvalue weighted by atomic mass is 16.4. The lowest BCUT2D eigenvalue weighted by Gasteiger charge is -2.17. The molecule has 0 fully saturated rings. The molecule has 110 valence electrons. The van der Waals surface area contributed by atoms with Crippen LogP contribution in [0.15, 0.2) is 6.07 Å². The number of aromatic carboxylic acids is 1. The molecule has 1 rings (SSSR count). The molecule has 0 aromatic carbocycles. The zero-order valence-electron chi connectivity index (χ0n) is 12.3. The largest absolute Gasteiger partial charge is 0.478 e. The molecule has 0 aliphatic rings. The van der Waals surface area contributed by atoms with Gasteiger partial charge in [0.25, 0.3) is 0 Å². The molecule has 0 aliphatic carbocycles. The number of pyridine rings is 1. The highest BCUT2D eigenvalue weighted by molar-refractivity contribution is 5.96. The molecule has 1 amide bonds. The molecule has 0 radical (unpaired) electrons. The van der Waals surface area contributed by atoms with Gasteiger partial charge in [0.2, 0.25) is 5.91 Å². The highest BCUT2D eigenvalue weighted by Gasteiger charge is 2.19. The van der Waals surface area contributed by atoms with Gasteiger partial charge >= 0.3 is 5.97 Å². The molecule has 6 nitrogen and oxygen atoms in total. The van der Waals surface area contributed by atoms with Gasteiger partial charge in [0.1, 0.15) is 17.4 Å². The van der Waals surface area contributed by atoms with E-state index in [2.05, 4.69) is 15.6 Å². The van der Waals surface area contributed by atoms with Crippen LogP contribution >= 0.6 is 0 Å². The Balaban J connectivity index is 2.96. The van der Waals surface area contributed by atoms with E-state index in [9.17, 15) is 14.7 Å². The fourth-order valence-electron chi connectivity index (χ4n) is 1.88. The van der Waals surface area contributed by atoms with E-state index in [4.69, 9.17) is 0 Å². The van der Waals surface area contributed by atoms with Gasteiger partial charge in [-0.25, -0.2) is 9.78 Å². The van der Waals surface area contributed by atoms with Crippen molar-refractivity contribution < 1.29 is 14.7 Å². The number of aromatic nitrogens is 1. The Hall–Kier alpha value is -2.11. The minimum Gasteiger partial charge on any atom is -0.478 e. The Kier molecular flexibility index (Phi) is 5.49. The fourth-order valence-corrected chi connectivity index (χ4v) is 1.88. The van der Waals surface area contributed by atoms with E-state index in [-0.39, 0.29) is 17.3 Å². The van der Waals surface area contributed by atoms with Crippen LogP contribution in [0.25, 0.3) is 0 Å². The van der Waals surface area contributed by atoms with Gasteiger partial charge in [-0.15, -0.1) is 0 Å². The van der Waals surface area contributed by atoms with Crippen LogP contribution < -0.4 is 10.6 Å². The van der Waals surface area contributed by atoms with Gasteiger partial charge in [-0.05, 0) is 38.8 Å². The Morgan fingerprint density at radius 3 is 2.60 bits per heavy atom. The number of aryl methyl sites for hydroxylation is 2. The average Bonchev–Trinajstić information content (AvgIpc) is 2.34. The maximum absolute atomic E-state index is 11.8. The van der Waals surface area contributed by atoms with E-state index in [1.54, 1.807) is 26.8 Å². The molecular formula is C14H21N3O3. The number of amides is 1. The second-order valence-electron chi connectivity index (χ2n) is 4.77. The van der Waals surface area contributed by atoms with Crippen molar-refractivity contribution >= 4 is 17.7 Å². The lowest BCUT2D eigenvalue weighted by atomic mass is 10.1. The maximum atomic E-state index is 11.8. The normalized spacial score (nSPS) is 11.8. The van der Waals surface area contributed by atoms with Gasteiger partial charge in [-0.3, -0.25) is 4.79 Å². The number of carbonyl (C=O) groups is 2. The molecule has 0 saturated heterocycles. The van der Waals surface area contributed by atoms with Crippen molar-refractivity contribution in [2.75, 3.05) is 11.9 Å². The van der Waals surface area contributed by atoms with Crippen LogP contribution in [0.5, 0.6) is 0 Å². The van der Waals surface area contributed by atoms with Crippen LogP contribution in [0.1, 0.15) is 41.9 Å². The van der Waals surface area contributed by atoms with Crippen LogP contribution in [0.3, 0.4) is 0 Å². The molecule has 1 unspecified atom stereocenters. The van der Waals surface area contributed by atoms with Crippen LogP contribution in [0, 0.1) is 13.8 Å². The first-order valence-corrected chi connectivity index (χ1v) is 6.62. The summed E-state index contributed by atoms with van der Waals surface area (Å²) in [6.45, 7) is 7.73. The van der Waals surface area contributed by atoms with E-state index >= 15 is 0 Å². The molecular weight excluding hydrogens is 258 g/mol. The molecule has 1 aromatic heterocycles. The number of carboxylic acid groups (broad SMARTS) is 1. The first kappa shape index (κ1) is 15.9. The number of rotatable bonds is 6. The summed E-state index contributed by atoms with van der Waals surface area (Å²) >= 11 is 0. The van der Waals surface area contributed by atoms with E-state index in [0.717, 1.165) is 6.42 Å². The van der Waals surface area contributed by atoms with Crippen molar-refractivity contribution in [3.05, 3.63) is 22.9 Å². The van der Waals surface area contributed by atoms with Crippen LogP contribution in [-0.4, -0.2) is 34.6 Å². The lowest BCUT2D eigenvalue weighted by molar-refractivity contribution is -0.121. The first-order chi connectivity index (χ1) is 9.36. The van der Waals surface area contributed by atoms with Crippen molar-refractivity contribution in [2.24, 2.45) is 0 Å². The second-order valence-corrected chi connectivity index (χ2v) is 4.77. The third kappa shape index (κ3) is 3.94. The van der Waals surface area contributed by atoms with Crippen LogP contribution in [-0.2, 0) is 4.79 Å². The van der Waals surface area contributed by atoms with Crippen LogP contribution in [0.2, 0.25) is 0 Å². The number of carboxylic acids is 1. The summed E-state index contributed by atoms with van der Waals surface area (Å²) in [4.78, 5) is 27.3. The van der Waals surface area contributed by atoms with E-state index in [0.29, 0.717) is 17.8 Å². The van der Waals surface area contributed by atoms with Gasteiger partial charge in [0, 0.05) is 12.2 Å². The van der Waals surface area contributed by atoms with Crippen molar-refractivity contribution in [3.8, 4) is 0 Å². The lowest BCUT2D eigenvalue weighted by Crippen LogP contribution is -2.38. The summed E-state index contributed by atoms with van der Waals surface area (Å²) in [6, 6.07) is 1.16. The summed E-state index contributed by atoms with van der Waals surface area (Å²) in [5, 5.41) is 14.9. The summed E-state index contributed by atoms with van der Waals surface area (Å²) < 4.78 is 0. The van der Waals surface area contributed by atoms with Gasteiger partial charge < -0.3 is 15.7 Å². The third-order valence-corrected chi connectivity index (χ3v) is 2.85. The van der Waals surface area contributed by atoms with E-state index < -0.39 is 12.0 Å². The first-order valence-electron chi connectivity index (χ1n) is 6.62. The highest BCUT2D eigenvalue weighted by Crippen LogP contribution is 2.19. The van der Waals surface area contributed by atoms with E-state index in [1.807, 2.05) is 6.92 Å². The SMILES string of the molecule is CCCNC(=O)C(C)Nc1nc(C)cc(C)c1C(=O)O. The van der Waals surface area contributed by atoms with Crippen molar-refractivity contribution in [2.45, 2.75) is 40.2 Å². The molecule has 0 bridgehead atoms. The summed E-state index contributed by atoms with van der Waals surface area (Å²) in [7, 11) is 0. The zero-order chi connectivity index (χ0) is 15.3. The summed E-state index contributed by atoms with van der Waals surface area (Å²) in [5.41, 5.74) is 1.43. The minimum atomic E-state index is -1.06. The number of nitrogens with one attached hydrogen (secondary N) is 2. The molecule has 6 heteroatoms. The molecule has 1 atom stereocenters. The van der Waals surface area contributed by atoms with Crippen molar-refractivity contribution in [3.63, 3.8) is 0 Å². The number of anilines is 1. The van der Waals surface area contributed by atoms with E-state index in [1.165, 1.54) is 0 Å².